The van der Waals surface area contributed by atoms with Crippen molar-refractivity contribution in [1.82, 2.24) is 0 Å². The summed E-state index contributed by atoms with van der Waals surface area (Å²) in [4.78, 5) is 33.6. The van der Waals surface area contributed by atoms with Gasteiger partial charge in [-0.2, -0.15) is 0 Å². The highest BCUT2D eigenvalue weighted by Crippen LogP contribution is 2.66. The summed E-state index contributed by atoms with van der Waals surface area (Å²) in [7, 11) is 0. The van der Waals surface area contributed by atoms with Crippen LogP contribution in [0.3, 0.4) is 0 Å². The van der Waals surface area contributed by atoms with Crippen LogP contribution >= 0.6 is 0 Å². The van der Waals surface area contributed by atoms with Gasteiger partial charge in [-0.1, -0.05) is 46.9 Å². The number of fused-ring (bicyclic) bond motifs is 7. The van der Waals surface area contributed by atoms with Gasteiger partial charge in [-0.15, -0.1) is 0 Å². The van der Waals surface area contributed by atoms with Gasteiger partial charge in [0.2, 0.25) is 0 Å². The Kier molecular flexibility index (Phi) is 8.78. The number of carbonyl (C=O) groups excluding carboxylic acids is 3. The standard InChI is InChI=1S/C14H20O2.C14H22O2.C6H8O2/c1-8(2)14(15)16-13-7-9-6-12(13)11-5-3-4-10(9)11;1-9(2)12(15)16-11-8-10-6-7-14(11,5)13(10,3)4;1-4-3-5(2)8-6(4)7/h9-13H,1,3-7H2,2H3;10-11H,1,6-8H2,2-5H3;5H,1,3H2,2H3. The van der Waals surface area contributed by atoms with Crippen LogP contribution in [0.2, 0.25) is 0 Å². The molecule has 1 saturated heterocycles. The molecular formula is C34H50O6. The molecule has 5 aliphatic carbocycles. The number of esters is 3. The second-order valence-corrected chi connectivity index (χ2v) is 14.2. The van der Waals surface area contributed by atoms with E-state index in [1.807, 2.05) is 6.92 Å². The first-order chi connectivity index (χ1) is 18.7. The zero-order valence-corrected chi connectivity index (χ0v) is 25.6. The van der Waals surface area contributed by atoms with Crippen molar-refractivity contribution in [1.29, 1.82) is 0 Å². The van der Waals surface area contributed by atoms with Gasteiger partial charge in [0.15, 0.2) is 0 Å². The molecule has 9 atom stereocenters. The highest BCUT2D eigenvalue weighted by atomic mass is 16.6. The molecule has 222 valence electrons. The molecule has 0 aromatic rings. The monoisotopic (exact) mass is 554 g/mol. The first-order valence-corrected chi connectivity index (χ1v) is 15.3. The van der Waals surface area contributed by atoms with Crippen molar-refractivity contribution in [3.05, 3.63) is 36.5 Å². The van der Waals surface area contributed by atoms with Crippen LogP contribution in [-0.2, 0) is 28.6 Å². The number of cyclic esters (lactones) is 1. The molecule has 6 fully saturated rings. The van der Waals surface area contributed by atoms with Crippen molar-refractivity contribution >= 4 is 17.9 Å². The maximum absolute atomic E-state index is 11.6. The fourth-order valence-electron chi connectivity index (χ4n) is 8.66. The predicted molar refractivity (Wildman–Crippen MR) is 155 cm³/mol. The third-order valence-corrected chi connectivity index (χ3v) is 11.4. The number of ether oxygens (including phenoxy) is 3. The van der Waals surface area contributed by atoms with Crippen LogP contribution in [0.4, 0.5) is 0 Å². The van der Waals surface area contributed by atoms with Gasteiger partial charge in [-0.25, -0.2) is 14.4 Å². The summed E-state index contributed by atoms with van der Waals surface area (Å²) in [6.45, 7) is 23.0. The van der Waals surface area contributed by atoms with Crippen molar-refractivity contribution in [3.63, 3.8) is 0 Å². The maximum Gasteiger partial charge on any atom is 0.333 e. The first-order valence-electron chi connectivity index (χ1n) is 15.3. The Morgan fingerprint density at radius 1 is 0.900 bits per heavy atom. The van der Waals surface area contributed by atoms with Crippen molar-refractivity contribution in [2.45, 2.75) is 118 Å². The van der Waals surface area contributed by atoms with E-state index in [0.717, 1.165) is 30.6 Å². The fraction of sp³-hybridized carbons (Fsp3) is 0.735. The van der Waals surface area contributed by atoms with Crippen molar-refractivity contribution in [2.24, 2.45) is 40.4 Å². The van der Waals surface area contributed by atoms with Crippen LogP contribution in [0.15, 0.2) is 36.5 Å². The summed E-state index contributed by atoms with van der Waals surface area (Å²) in [5, 5.41) is 0. The van der Waals surface area contributed by atoms with Crippen molar-refractivity contribution in [3.8, 4) is 0 Å². The molecule has 40 heavy (non-hydrogen) atoms. The van der Waals surface area contributed by atoms with Crippen molar-refractivity contribution in [2.75, 3.05) is 0 Å². The summed E-state index contributed by atoms with van der Waals surface area (Å²) < 4.78 is 15.9. The van der Waals surface area contributed by atoms with Crippen LogP contribution in [0.5, 0.6) is 0 Å². The van der Waals surface area contributed by atoms with E-state index in [9.17, 15) is 14.4 Å². The van der Waals surface area contributed by atoms with E-state index < -0.39 is 0 Å². The Morgan fingerprint density at radius 2 is 1.52 bits per heavy atom. The topological polar surface area (TPSA) is 78.9 Å². The van der Waals surface area contributed by atoms with Gasteiger partial charge in [0, 0.05) is 28.6 Å². The van der Waals surface area contributed by atoms with Gasteiger partial charge < -0.3 is 14.2 Å². The molecule has 6 heteroatoms. The average molecular weight is 555 g/mol. The molecule has 0 radical (unpaired) electrons. The van der Waals surface area contributed by atoms with Crippen LogP contribution in [0.1, 0.15) is 99.3 Å². The second-order valence-electron chi connectivity index (χ2n) is 14.2. The lowest BCUT2D eigenvalue weighted by Gasteiger charge is -2.38. The molecule has 0 aromatic carbocycles. The zero-order chi connectivity index (χ0) is 29.6. The van der Waals surface area contributed by atoms with Gasteiger partial charge >= 0.3 is 17.9 Å². The van der Waals surface area contributed by atoms with Crippen LogP contribution in [0.25, 0.3) is 0 Å². The highest BCUT2D eigenvalue weighted by molar-refractivity contribution is 5.89. The number of hydrogen-bond acceptors (Lipinski definition) is 6. The van der Waals surface area contributed by atoms with Crippen molar-refractivity contribution < 1.29 is 28.6 Å². The quantitative estimate of drug-likeness (QED) is 0.209. The van der Waals surface area contributed by atoms with Crippen LogP contribution in [-0.4, -0.2) is 36.2 Å². The number of rotatable bonds is 4. The normalized spacial score (nSPS) is 39.4. The Balaban J connectivity index is 0.000000147. The van der Waals surface area contributed by atoms with Gasteiger partial charge in [0.25, 0.3) is 0 Å². The zero-order valence-electron chi connectivity index (χ0n) is 25.6. The molecule has 1 heterocycles. The minimum Gasteiger partial charge on any atom is -0.459 e. The molecule has 0 N–H and O–H groups in total. The van der Waals surface area contributed by atoms with E-state index in [-0.39, 0.29) is 41.6 Å². The lowest BCUT2D eigenvalue weighted by atomic mass is 9.70. The molecule has 6 aliphatic rings. The maximum atomic E-state index is 11.6. The Labute approximate surface area is 241 Å². The average Bonchev–Trinajstić information content (AvgIpc) is 3.68. The molecule has 0 spiro atoms. The molecule has 1 aliphatic heterocycles. The summed E-state index contributed by atoms with van der Waals surface area (Å²) in [5.41, 5.74) is 2.09. The van der Waals surface area contributed by atoms with E-state index in [4.69, 9.17) is 14.2 Å². The SMILES string of the molecule is C=C(C)C(=O)OC1CC2CC1C1CCCC21.C=C(C)C(=O)OC1CC2CCC1(C)C2(C)C.C=C1CC(C)OC1=O. The Bertz CT molecular complexity index is 1050. The Morgan fingerprint density at radius 3 is 2.00 bits per heavy atom. The molecule has 0 amide bonds. The van der Waals surface area contributed by atoms with E-state index in [1.54, 1.807) is 13.8 Å². The van der Waals surface area contributed by atoms with Gasteiger partial charge in [0.1, 0.15) is 18.3 Å². The van der Waals surface area contributed by atoms with Gasteiger partial charge in [0.05, 0.1) is 0 Å². The van der Waals surface area contributed by atoms with E-state index in [2.05, 4.69) is 40.5 Å². The molecule has 6 nitrogen and oxygen atoms in total. The highest BCUT2D eigenvalue weighted by Gasteiger charge is 2.63. The summed E-state index contributed by atoms with van der Waals surface area (Å²) in [6, 6.07) is 0. The first kappa shape index (κ1) is 30.6. The smallest absolute Gasteiger partial charge is 0.333 e. The summed E-state index contributed by atoms with van der Waals surface area (Å²) in [6.07, 6.45) is 11.1. The lowest BCUT2D eigenvalue weighted by Crippen LogP contribution is -2.38. The van der Waals surface area contributed by atoms with E-state index >= 15 is 0 Å². The minimum atomic E-state index is -0.238. The lowest BCUT2D eigenvalue weighted by molar-refractivity contribution is -0.152. The Hall–Kier alpha value is -2.37. The van der Waals surface area contributed by atoms with E-state index in [0.29, 0.717) is 40.4 Å². The molecule has 0 aromatic heterocycles. The molecule has 9 unspecified atom stereocenters. The summed E-state index contributed by atoms with van der Waals surface area (Å²) in [5.74, 6) is 3.40. The summed E-state index contributed by atoms with van der Waals surface area (Å²) >= 11 is 0. The third kappa shape index (κ3) is 5.69. The molecular weight excluding hydrogens is 504 g/mol. The second kappa shape index (κ2) is 11.5. The minimum absolute atomic E-state index is 0.0509. The van der Waals surface area contributed by atoms with Gasteiger partial charge in [-0.05, 0) is 101 Å². The molecule has 6 rings (SSSR count). The largest absolute Gasteiger partial charge is 0.459 e. The van der Waals surface area contributed by atoms with E-state index in [1.165, 1.54) is 38.5 Å². The van der Waals surface area contributed by atoms with Crippen LogP contribution in [0, 0.1) is 40.4 Å². The number of carbonyl (C=O) groups is 3. The third-order valence-electron chi connectivity index (χ3n) is 11.4. The van der Waals surface area contributed by atoms with Gasteiger partial charge in [-0.3, -0.25) is 0 Å². The van der Waals surface area contributed by atoms with Crippen LogP contribution < -0.4 is 0 Å². The molecule has 4 bridgehead atoms. The molecule has 5 saturated carbocycles. The number of hydrogen-bond donors (Lipinski definition) is 0. The fourth-order valence-corrected chi connectivity index (χ4v) is 8.66. The predicted octanol–water partition coefficient (Wildman–Crippen LogP) is 7.13.